The van der Waals surface area contributed by atoms with Crippen LogP contribution in [0, 0.1) is 0 Å². The fourth-order valence-electron chi connectivity index (χ4n) is 4.52. The van der Waals surface area contributed by atoms with Gasteiger partial charge in [0.25, 0.3) is 0 Å². The lowest BCUT2D eigenvalue weighted by atomic mass is 9.69. The molecule has 0 aromatic heterocycles. The molecular formula is C20H28BrNO2. The Morgan fingerprint density at radius 2 is 1.83 bits per heavy atom. The summed E-state index contributed by atoms with van der Waals surface area (Å²) < 4.78 is 6.00. The first-order valence-electron chi connectivity index (χ1n) is 9.20. The Hall–Kier alpha value is -0.870. The Balaban J connectivity index is 1.73. The highest BCUT2D eigenvalue weighted by molar-refractivity contribution is 9.10. The summed E-state index contributed by atoms with van der Waals surface area (Å²) in [4.78, 5) is 14.4. The quantitative estimate of drug-likeness (QED) is 0.680. The molecule has 2 aliphatic rings. The average molecular weight is 394 g/mol. The summed E-state index contributed by atoms with van der Waals surface area (Å²) in [6.45, 7) is 2.31. The number of hydrogen-bond acceptors (Lipinski definition) is 3. The lowest BCUT2D eigenvalue weighted by molar-refractivity contribution is -0.141. The first kappa shape index (κ1) is 17.9. The molecule has 0 radical (unpaired) electrons. The Kier molecular flexibility index (Phi) is 5.98. The maximum absolute atomic E-state index is 11.7. The Bertz CT molecular complexity index is 543. The van der Waals surface area contributed by atoms with Crippen LogP contribution in [-0.4, -0.2) is 37.1 Å². The van der Waals surface area contributed by atoms with Gasteiger partial charge in [-0.1, -0.05) is 40.9 Å². The van der Waals surface area contributed by atoms with Crippen LogP contribution >= 0.6 is 15.9 Å². The topological polar surface area (TPSA) is 29.5 Å². The number of halogens is 1. The predicted octanol–water partition coefficient (Wildman–Crippen LogP) is 4.68. The summed E-state index contributed by atoms with van der Waals surface area (Å²) in [6.07, 6.45) is 9.20. The maximum Gasteiger partial charge on any atom is 0.305 e. The van der Waals surface area contributed by atoms with Crippen LogP contribution in [0.5, 0.6) is 0 Å². The third kappa shape index (κ3) is 4.02. The lowest BCUT2D eigenvalue weighted by Crippen LogP contribution is -2.46. The molecule has 4 heteroatoms. The van der Waals surface area contributed by atoms with E-state index in [-0.39, 0.29) is 11.4 Å². The zero-order valence-corrected chi connectivity index (χ0v) is 16.2. The third-order valence-corrected chi connectivity index (χ3v) is 6.62. The van der Waals surface area contributed by atoms with Crippen molar-refractivity contribution in [1.82, 2.24) is 4.90 Å². The molecule has 0 N–H and O–H groups in total. The van der Waals surface area contributed by atoms with Crippen LogP contribution < -0.4 is 0 Å². The van der Waals surface area contributed by atoms with Crippen molar-refractivity contribution in [2.24, 2.45) is 0 Å². The summed E-state index contributed by atoms with van der Waals surface area (Å²) in [6, 6.07) is 9.50. The van der Waals surface area contributed by atoms with Gasteiger partial charge in [0.15, 0.2) is 0 Å². The third-order valence-electron chi connectivity index (χ3n) is 6.09. The number of likely N-dealkylation sites (tertiary alicyclic amines) is 1. The zero-order chi connectivity index (χ0) is 17.0. The van der Waals surface area contributed by atoms with E-state index in [0.29, 0.717) is 6.42 Å². The minimum atomic E-state index is -0.0929. The first-order valence-corrected chi connectivity index (χ1v) is 9.99. The van der Waals surface area contributed by atoms with E-state index in [1.807, 2.05) is 0 Å². The molecule has 1 aromatic rings. The normalized spacial score (nSPS) is 21.8. The summed E-state index contributed by atoms with van der Waals surface area (Å²) in [5, 5.41) is 0. The SMILES string of the molecule is COC(=O)CCC1(c2ccc(Br)cc2)CCN(C2CCCC2)CC1. The van der Waals surface area contributed by atoms with Crippen LogP contribution in [0.1, 0.15) is 56.9 Å². The standard InChI is InChI=1S/C20H28BrNO2/c1-24-19(23)10-11-20(16-6-8-17(21)9-7-16)12-14-22(15-13-20)18-4-2-3-5-18/h6-9,18H,2-5,10-15H2,1H3. The largest absolute Gasteiger partial charge is 0.469 e. The fourth-order valence-corrected chi connectivity index (χ4v) is 4.78. The van der Waals surface area contributed by atoms with E-state index >= 15 is 0 Å². The van der Waals surface area contributed by atoms with Gasteiger partial charge in [-0.05, 0) is 68.3 Å². The number of benzene rings is 1. The van der Waals surface area contributed by atoms with Gasteiger partial charge in [-0.25, -0.2) is 0 Å². The van der Waals surface area contributed by atoms with Gasteiger partial charge in [0, 0.05) is 16.9 Å². The summed E-state index contributed by atoms with van der Waals surface area (Å²) in [7, 11) is 1.48. The number of rotatable bonds is 5. The molecule has 0 unspecified atom stereocenters. The van der Waals surface area contributed by atoms with Crippen molar-refractivity contribution < 1.29 is 9.53 Å². The molecule has 132 valence electrons. The van der Waals surface area contributed by atoms with Crippen molar-refractivity contribution in [3.63, 3.8) is 0 Å². The zero-order valence-electron chi connectivity index (χ0n) is 14.6. The molecule has 3 rings (SSSR count). The molecule has 1 aliphatic carbocycles. The number of carbonyl (C=O) groups is 1. The van der Waals surface area contributed by atoms with Crippen molar-refractivity contribution >= 4 is 21.9 Å². The summed E-state index contributed by atoms with van der Waals surface area (Å²) in [5.41, 5.74) is 1.49. The molecule has 0 bridgehead atoms. The summed E-state index contributed by atoms with van der Waals surface area (Å²) >= 11 is 3.53. The number of ether oxygens (including phenoxy) is 1. The van der Waals surface area contributed by atoms with E-state index < -0.39 is 0 Å². The van der Waals surface area contributed by atoms with E-state index in [4.69, 9.17) is 4.74 Å². The Morgan fingerprint density at radius 3 is 2.42 bits per heavy atom. The van der Waals surface area contributed by atoms with Gasteiger partial charge in [0.05, 0.1) is 7.11 Å². The van der Waals surface area contributed by atoms with Crippen LogP contribution in [0.3, 0.4) is 0 Å². The molecule has 1 saturated heterocycles. The molecule has 0 amide bonds. The van der Waals surface area contributed by atoms with Gasteiger partial charge in [0.1, 0.15) is 0 Å². The van der Waals surface area contributed by atoms with Crippen molar-refractivity contribution in [1.29, 1.82) is 0 Å². The molecule has 2 fully saturated rings. The highest BCUT2D eigenvalue weighted by Crippen LogP contribution is 2.41. The molecule has 1 saturated carbocycles. The number of piperidine rings is 1. The first-order chi connectivity index (χ1) is 11.6. The molecule has 1 aromatic carbocycles. The molecule has 3 nitrogen and oxygen atoms in total. The van der Waals surface area contributed by atoms with Gasteiger partial charge in [0.2, 0.25) is 0 Å². The second-order valence-electron chi connectivity index (χ2n) is 7.34. The average Bonchev–Trinajstić information content (AvgIpc) is 3.15. The van der Waals surface area contributed by atoms with Gasteiger partial charge in [-0.2, -0.15) is 0 Å². The number of esters is 1. The van der Waals surface area contributed by atoms with Crippen LogP contribution in [0.4, 0.5) is 0 Å². The van der Waals surface area contributed by atoms with Crippen LogP contribution in [-0.2, 0) is 14.9 Å². The van der Waals surface area contributed by atoms with Gasteiger partial charge < -0.3 is 9.64 Å². The van der Waals surface area contributed by atoms with E-state index in [2.05, 4.69) is 45.1 Å². The minimum Gasteiger partial charge on any atom is -0.469 e. The fraction of sp³-hybridized carbons (Fsp3) is 0.650. The van der Waals surface area contributed by atoms with Crippen LogP contribution in [0.25, 0.3) is 0 Å². The minimum absolute atomic E-state index is 0.0929. The van der Waals surface area contributed by atoms with Gasteiger partial charge in [-0.15, -0.1) is 0 Å². The number of carbonyl (C=O) groups excluding carboxylic acids is 1. The molecule has 0 spiro atoms. The predicted molar refractivity (Wildman–Crippen MR) is 100 cm³/mol. The highest BCUT2D eigenvalue weighted by atomic mass is 79.9. The Morgan fingerprint density at radius 1 is 1.21 bits per heavy atom. The molecule has 0 atom stereocenters. The van der Waals surface area contributed by atoms with Crippen molar-refractivity contribution in [3.05, 3.63) is 34.3 Å². The smallest absolute Gasteiger partial charge is 0.305 e. The number of hydrogen-bond donors (Lipinski definition) is 0. The maximum atomic E-state index is 11.7. The van der Waals surface area contributed by atoms with Gasteiger partial charge in [-0.3, -0.25) is 4.79 Å². The molecule has 24 heavy (non-hydrogen) atoms. The second-order valence-corrected chi connectivity index (χ2v) is 8.25. The van der Waals surface area contributed by atoms with Crippen molar-refractivity contribution in [2.75, 3.05) is 20.2 Å². The summed E-state index contributed by atoms with van der Waals surface area (Å²) in [5.74, 6) is -0.0929. The van der Waals surface area contributed by atoms with Gasteiger partial charge >= 0.3 is 5.97 Å². The van der Waals surface area contributed by atoms with Crippen molar-refractivity contribution in [2.45, 2.75) is 62.8 Å². The number of nitrogens with zero attached hydrogens (tertiary/aromatic N) is 1. The molecular weight excluding hydrogens is 366 g/mol. The highest BCUT2D eigenvalue weighted by Gasteiger charge is 2.38. The van der Waals surface area contributed by atoms with E-state index in [1.165, 1.54) is 38.4 Å². The monoisotopic (exact) mass is 393 g/mol. The molecule has 1 heterocycles. The lowest BCUT2D eigenvalue weighted by Gasteiger charge is -2.44. The van der Waals surface area contributed by atoms with Crippen LogP contribution in [0.15, 0.2) is 28.7 Å². The molecule has 1 aliphatic heterocycles. The van der Waals surface area contributed by atoms with E-state index in [9.17, 15) is 4.79 Å². The van der Waals surface area contributed by atoms with Crippen LogP contribution in [0.2, 0.25) is 0 Å². The number of methoxy groups -OCH3 is 1. The Labute approximate surface area is 153 Å². The second kappa shape index (κ2) is 8.01. The van der Waals surface area contributed by atoms with E-state index in [0.717, 1.165) is 42.9 Å². The van der Waals surface area contributed by atoms with Crippen molar-refractivity contribution in [3.8, 4) is 0 Å². The van der Waals surface area contributed by atoms with E-state index in [1.54, 1.807) is 0 Å².